The minimum absolute atomic E-state index is 0.213. The number of ether oxygens (including phenoxy) is 2. The fraction of sp³-hybridized carbons (Fsp3) is 0.364. The summed E-state index contributed by atoms with van der Waals surface area (Å²) in [7, 11) is 1.61. The molecule has 0 saturated carbocycles. The van der Waals surface area contributed by atoms with Gasteiger partial charge in [-0.25, -0.2) is 0 Å². The van der Waals surface area contributed by atoms with E-state index in [2.05, 4.69) is 12.2 Å². The van der Waals surface area contributed by atoms with Crippen LogP contribution in [-0.4, -0.2) is 26.2 Å². The van der Waals surface area contributed by atoms with Crippen LogP contribution in [-0.2, 0) is 11.2 Å². The number of aromatic nitrogens is 1. The average molecular weight is 384 g/mol. The summed E-state index contributed by atoms with van der Waals surface area (Å²) < 4.78 is 12.0. The smallest absolute Gasteiger partial charge is 0.244 e. The molecule has 0 aliphatic heterocycles. The molecule has 0 saturated heterocycles. The zero-order valence-electron chi connectivity index (χ0n) is 16.5. The summed E-state index contributed by atoms with van der Waals surface area (Å²) in [4.78, 5) is 12.0. The molecular formula is C22H28N2O4. The molecule has 0 bridgehead atoms. The fourth-order valence-electron chi connectivity index (χ4n) is 2.65. The second-order valence-electron chi connectivity index (χ2n) is 6.36. The van der Waals surface area contributed by atoms with E-state index in [9.17, 15) is 10.0 Å². The number of pyridine rings is 1. The highest BCUT2D eigenvalue weighted by Crippen LogP contribution is 2.28. The maximum absolute atomic E-state index is 12.0. The number of nitrogens with zero attached hydrogens (tertiary/aromatic N) is 1. The molecule has 1 aromatic carbocycles. The maximum Gasteiger partial charge on any atom is 0.244 e. The Morgan fingerprint density at radius 1 is 1.21 bits per heavy atom. The van der Waals surface area contributed by atoms with Gasteiger partial charge in [-0.1, -0.05) is 31.9 Å². The third-order valence-electron chi connectivity index (χ3n) is 4.20. The number of amides is 1. The molecule has 0 atom stereocenters. The number of methoxy groups -OCH3 is 1. The zero-order chi connectivity index (χ0) is 20.2. The van der Waals surface area contributed by atoms with Crippen LogP contribution in [0.15, 0.2) is 48.7 Å². The van der Waals surface area contributed by atoms with Crippen LogP contribution in [0, 0.1) is 5.21 Å². The molecule has 1 N–H and O–H groups in total. The van der Waals surface area contributed by atoms with Crippen molar-refractivity contribution >= 4 is 12.0 Å². The molecule has 0 aliphatic carbocycles. The molecular weight excluding hydrogens is 356 g/mol. The van der Waals surface area contributed by atoms with E-state index in [0.29, 0.717) is 36.8 Å². The second-order valence-corrected chi connectivity index (χ2v) is 6.36. The van der Waals surface area contributed by atoms with E-state index >= 15 is 0 Å². The quantitative estimate of drug-likeness (QED) is 0.279. The summed E-state index contributed by atoms with van der Waals surface area (Å²) in [5.41, 5.74) is 1.47. The normalized spacial score (nSPS) is 10.8. The number of unbranched alkanes of at least 4 members (excludes halogenated alkanes) is 2. The molecule has 1 amide bonds. The Bertz CT molecular complexity index is 790. The van der Waals surface area contributed by atoms with Crippen LogP contribution >= 0.6 is 0 Å². The van der Waals surface area contributed by atoms with Gasteiger partial charge in [0.1, 0.15) is 0 Å². The molecule has 28 heavy (non-hydrogen) atoms. The number of rotatable bonds is 11. The van der Waals surface area contributed by atoms with Gasteiger partial charge in [0, 0.05) is 24.8 Å². The molecule has 2 rings (SSSR count). The number of carbonyl (C=O) groups excluding carboxylic acids is 1. The summed E-state index contributed by atoms with van der Waals surface area (Å²) >= 11 is 0. The van der Waals surface area contributed by atoms with Crippen molar-refractivity contribution in [3.05, 3.63) is 65.1 Å². The molecule has 0 unspecified atom stereocenters. The summed E-state index contributed by atoms with van der Waals surface area (Å²) in [5.74, 6) is 1.13. The van der Waals surface area contributed by atoms with Gasteiger partial charge in [-0.2, -0.15) is 4.73 Å². The molecule has 0 fully saturated rings. The molecule has 6 heteroatoms. The van der Waals surface area contributed by atoms with Crippen molar-refractivity contribution in [3.8, 4) is 11.5 Å². The number of hydrogen-bond donors (Lipinski definition) is 1. The van der Waals surface area contributed by atoms with Crippen molar-refractivity contribution < 1.29 is 19.0 Å². The summed E-state index contributed by atoms with van der Waals surface area (Å²) in [5, 5.41) is 14.3. The van der Waals surface area contributed by atoms with E-state index in [-0.39, 0.29) is 5.91 Å². The molecule has 150 valence electrons. The monoisotopic (exact) mass is 384 g/mol. The Kier molecular flexibility index (Phi) is 8.85. The Morgan fingerprint density at radius 3 is 2.82 bits per heavy atom. The molecule has 0 spiro atoms. The van der Waals surface area contributed by atoms with Crippen molar-refractivity contribution in [1.82, 2.24) is 5.32 Å². The number of hydrogen-bond acceptors (Lipinski definition) is 4. The lowest BCUT2D eigenvalue weighted by Gasteiger charge is -2.11. The second kappa shape index (κ2) is 11.6. The van der Waals surface area contributed by atoms with Gasteiger partial charge in [0.2, 0.25) is 5.91 Å². The van der Waals surface area contributed by atoms with E-state index in [1.165, 1.54) is 12.3 Å². The topological polar surface area (TPSA) is 74.5 Å². The summed E-state index contributed by atoms with van der Waals surface area (Å²) in [6, 6.07) is 10.8. The standard InChI is InChI=1S/C22H28N2O4/c1-3-4-7-16-28-21-17-18(9-11-20(21)27-2)10-12-22(25)23-14-13-19-8-5-6-15-24(19)26/h5-6,8-12,15,17H,3-4,7,13-14,16H2,1-2H3,(H,23,25). The molecule has 0 aliphatic rings. The van der Waals surface area contributed by atoms with Crippen LogP contribution in [0.2, 0.25) is 0 Å². The first-order valence-electron chi connectivity index (χ1n) is 9.58. The van der Waals surface area contributed by atoms with Crippen LogP contribution < -0.4 is 19.5 Å². The highest BCUT2D eigenvalue weighted by molar-refractivity contribution is 5.91. The van der Waals surface area contributed by atoms with Crippen LogP contribution in [0.5, 0.6) is 11.5 Å². The number of nitrogens with one attached hydrogen (secondary N) is 1. The Labute approximate surface area is 166 Å². The van der Waals surface area contributed by atoms with Crippen molar-refractivity contribution in [3.63, 3.8) is 0 Å². The van der Waals surface area contributed by atoms with Gasteiger partial charge in [-0.05, 0) is 30.2 Å². The Balaban J connectivity index is 1.87. The van der Waals surface area contributed by atoms with Crippen LogP contribution in [0.3, 0.4) is 0 Å². The van der Waals surface area contributed by atoms with Crippen LogP contribution in [0.1, 0.15) is 37.4 Å². The third-order valence-corrected chi connectivity index (χ3v) is 4.20. The number of benzene rings is 1. The Hall–Kier alpha value is -3.02. The van der Waals surface area contributed by atoms with Gasteiger partial charge in [-0.3, -0.25) is 4.79 Å². The first-order chi connectivity index (χ1) is 13.6. The number of carbonyl (C=O) groups is 1. The molecule has 0 radical (unpaired) electrons. The van der Waals surface area contributed by atoms with Crippen molar-refractivity contribution in [2.24, 2.45) is 0 Å². The third kappa shape index (κ3) is 6.95. The van der Waals surface area contributed by atoms with E-state index in [1.807, 2.05) is 18.2 Å². The first kappa shape index (κ1) is 21.3. The van der Waals surface area contributed by atoms with Gasteiger partial charge in [0.05, 0.1) is 20.1 Å². The lowest BCUT2D eigenvalue weighted by Crippen LogP contribution is -2.33. The molecule has 6 nitrogen and oxygen atoms in total. The van der Waals surface area contributed by atoms with Crippen LogP contribution in [0.4, 0.5) is 0 Å². The predicted molar refractivity (Wildman–Crippen MR) is 109 cm³/mol. The average Bonchev–Trinajstić information content (AvgIpc) is 2.71. The van der Waals surface area contributed by atoms with E-state index in [4.69, 9.17) is 9.47 Å². The largest absolute Gasteiger partial charge is 0.619 e. The highest BCUT2D eigenvalue weighted by Gasteiger charge is 2.06. The SMILES string of the molecule is CCCCCOc1cc(C=CC(=O)NCCc2cccc[n+]2[O-])ccc1OC. The van der Waals surface area contributed by atoms with E-state index in [0.717, 1.165) is 29.6 Å². The molecule has 2 aromatic rings. The van der Waals surface area contributed by atoms with Crippen LogP contribution in [0.25, 0.3) is 6.08 Å². The van der Waals surface area contributed by atoms with Gasteiger partial charge >= 0.3 is 0 Å². The van der Waals surface area contributed by atoms with Gasteiger partial charge in [0.15, 0.2) is 23.4 Å². The Morgan fingerprint density at radius 2 is 2.07 bits per heavy atom. The predicted octanol–water partition coefficient (Wildman–Crippen LogP) is 3.27. The molecule has 1 aromatic heterocycles. The summed E-state index contributed by atoms with van der Waals surface area (Å²) in [6.07, 6.45) is 8.37. The lowest BCUT2D eigenvalue weighted by atomic mass is 10.2. The van der Waals surface area contributed by atoms with Crippen molar-refractivity contribution in [2.45, 2.75) is 32.6 Å². The minimum atomic E-state index is -0.213. The van der Waals surface area contributed by atoms with E-state index < -0.39 is 0 Å². The van der Waals surface area contributed by atoms with Gasteiger partial charge in [0.25, 0.3) is 0 Å². The maximum atomic E-state index is 12.0. The zero-order valence-corrected chi connectivity index (χ0v) is 16.5. The highest BCUT2D eigenvalue weighted by atomic mass is 16.5. The van der Waals surface area contributed by atoms with E-state index in [1.54, 1.807) is 31.4 Å². The summed E-state index contributed by atoms with van der Waals surface area (Å²) in [6.45, 7) is 3.18. The minimum Gasteiger partial charge on any atom is -0.619 e. The van der Waals surface area contributed by atoms with Gasteiger partial charge < -0.3 is 20.0 Å². The van der Waals surface area contributed by atoms with Crippen molar-refractivity contribution in [1.29, 1.82) is 0 Å². The van der Waals surface area contributed by atoms with Gasteiger partial charge in [-0.15, -0.1) is 0 Å². The first-order valence-corrected chi connectivity index (χ1v) is 9.58. The molecule has 1 heterocycles. The van der Waals surface area contributed by atoms with Crippen molar-refractivity contribution in [2.75, 3.05) is 20.3 Å². The fourth-order valence-corrected chi connectivity index (χ4v) is 2.65. The lowest BCUT2D eigenvalue weighted by molar-refractivity contribution is -0.613.